The van der Waals surface area contributed by atoms with E-state index in [0.29, 0.717) is 48.4 Å². The van der Waals surface area contributed by atoms with Crippen molar-refractivity contribution in [1.82, 2.24) is 24.1 Å². The molecular formula is C26H26N6O3S. The number of carbonyl (C=O) groups excluding carboxylic acids is 1. The van der Waals surface area contributed by atoms with Gasteiger partial charge in [0.05, 0.1) is 11.9 Å². The van der Waals surface area contributed by atoms with Crippen LogP contribution in [-0.4, -0.2) is 51.3 Å². The third kappa shape index (κ3) is 4.91. The number of aromatic nitrogens is 4. The molecule has 1 aliphatic heterocycles. The smallest absolute Gasteiger partial charge is 0.244 e. The van der Waals surface area contributed by atoms with Gasteiger partial charge >= 0.3 is 0 Å². The Hall–Kier alpha value is -3.89. The minimum absolute atomic E-state index is 0.0848. The fourth-order valence-corrected chi connectivity index (χ4v) is 5.91. The minimum Gasteiger partial charge on any atom is -0.354 e. The first kappa shape index (κ1) is 23.8. The molecule has 1 fully saturated rings. The summed E-state index contributed by atoms with van der Waals surface area (Å²) in [5, 5.41) is 11.3. The lowest BCUT2D eigenvalue weighted by Crippen LogP contribution is -2.38. The third-order valence-corrected chi connectivity index (χ3v) is 8.23. The van der Waals surface area contributed by atoms with Gasteiger partial charge in [-0.1, -0.05) is 42.5 Å². The summed E-state index contributed by atoms with van der Waals surface area (Å²) in [5.41, 5.74) is 2.33. The van der Waals surface area contributed by atoms with Gasteiger partial charge in [-0.2, -0.15) is 4.31 Å². The van der Waals surface area contributed by atoms with Gasteiger partial charge in [-0.05, 0) is 31.0 Å². The monoisotopic (exact) mass is 502 g/mol. The maximum absolute atomic E-state index is 13.3. The van der Waals surface area contributed by atoms with E-state index < -0.39 is 10.0 Å². The highest BCUT2D eigenvalue weighted by molar-refractivity contribution is 7.89. The van der Waals surface area contributed by atoms with E-state index in [1.54, 1.807) is 48.9 Å². The van der Waals surface area contributed by atoms with Crippen LogP contribution < -0.4 is 5.32 Å². The molecule has 1 saturated heterocycles. The molecule has 0 saturated carbocycles. The second kappa shape index (κ2) is 10.00. The van der Waals surface area contributed by atoms with Crippen molar-refractivity contribution in [2.24, 2.45) is 7.05 Å². The molecule has 0 amide bonds. The van der Waals surface area contributed by atoms with Gasteiger partial charge in [0, 0.05) is 49.1 Å². The van der Waals surface area contributed by atoms with Crippen LogP contribution in [0.1, 0.15) is 40.5 Å². The Balaban J connectivity index is 1.30. The molecule has 0 atom stereocenters. The largest absolute Gasteiger partial charge is 0.354 e. The summed E-state index contributed by atoms with van der Waals surface area (Å²) in [7, 11) is -1.80. The van der Waals surface area contributed by atoms with Crippen LogP contribution in [0.4, 0.5) is 11.4 Å². The van der Waals surface area contributed by atoms with Crippen molar-refractivity contribution in [3.63, 3.8) is 0 Å². The molecule has 2 aromatic heterocycles. The van der Waals surface area contributed by atoms with E-state index in [9.17, 15) is 13.2 Å². The van der Waals surface area contributed by atoms with Crippen LogP contribution in [-0.2, 0) is 17.1 Å². The average molecular weight is 503 g/mol. The molecule has 0 spiro atoms. The molecule has 2 aromatic carbocycles. The number of carbonyl (C=O) groups is 1. The number of pyridine rings is 1. The number of rotatable bonds is 7. The highest BCUT2D eigenvalue weighted by atomic mass is 32.2. The zero-order chi connectivity index (χ0) is 25.1. The maximum Gasteiger partial charge on any atom is 0.244 e. The highest BCUT2D eigenvalue weighted by Crippen LogP contribution is 2.30. The lowest BCUT2D eigenvalue weighted by molar-refractivity contribution is 0.103. The second-order valence-electron chi connectivity index (χ2n) is 8.79. The predicted molar refractivity (Wildman–Crippen MR) is 136 cm³/mol. The summed E-state index contributed by atoms with van der Waals surface area (Å²) in [6.07, 6.45) is 5.95. The maximum atomic E-state index is 13.3. The van der Waals surface area contributed by atoms with Crippen LogP contribution >= 0.6 is 0 Å². The van der Waals surface area contributed by atoms with Gasteiger partial charge in [-0.25, -0.2) is 8.42 Å². The van der Waals surface area contributed by atoms with Gasteiger partial charge in [0.2, 0.25) is 10.0 Å². The lowest BCUT2D eigenvalue weighted by atomic mass is 9.97. The molecular weight excluding hydrogens is 476 g/mol. The number of piperidine rings is 1. The normalized spacial score (nSPS) is 15.0. The molecule has 4 aromatic rings. The molecule has 0 radical (unpaired) electrons. The number of benzene rings is 2. The van der Waals surface area contributed by atoms with Crippen molar-refractivity contribution >= 4 is 27.2 Å². The molecule has 1 N–H and O–H groups in total. The third-order valence-electron chi connectivity index (χ3n) is 6.37. The summed E-state index contributed by atoms with van der Waals surface area (Å²) in [4.78, 5) is 17.1. The number of nitrogens with zero attached hydrogens (tertiary/aromatic N) is 5. The molecule has 0 aliphatic carbocycles. The van der Waals surface area contributed by atoms with Gasteiger partial charge < -0.3 is 9.88 Å². The molecule has 0 unspecified atom stereocenters. The van der Waals surface area contributed by atoms with Gasteiger partial charge in [0.1, 0.15) is 17.0 Å². The standard InChI is InChI=1S/C26H26N6O3S/c1-31-18-28-30-26(31)20-10-12-32(13-11-20)36(34,35)24-15-23(16-27-17-24)29-22-9-5-8-21(14-22)25(33)19-6-3-2-4-7-19/h2-9,14-18,20,29H,10-13H2,1H3. The molecule has 1 aliphatic rings. The fraction of sp³-hybridized carbons (Fsp3) is 0.231. The Kier molecular flexibility index (Phi) is 6.62. The number of ketones is 1. The van der Waals surface area contributed by atoms with E-state index in [1.807, 2.05) is 35.9 Å². The summed E-state index contributed by atoms with van der Waals surface area (Å²) in [6.45, 7) is 0.808. The number of nitrogens with one attached hydrogen (secondary N) is 1. The Bertz CT molecular complexity index is 1480. The molecule has 0 bridgehead atoms. The Morgan fingerprint density at radius 1 is 0.944 bits per heavy atom. The summed E-state index contributed by atoms with van der Waals surface area (Å²) in [5.74, 6) is 0.979. The van der Waals surface area contributed by atoms with Crippen LogP contribution in [0.3, 0.4) is 0 Å². The van der Waals surface area contributed by atoms with Crippen molar-refractivity contribution in [3.05, 3.63) is 96.3 Å². The van der Waals surface area contributed by atoms with Crippen LogP contribution in [0.15, 0.2) is 84.3 Å². The van der Waals surface area contributed by atoms with Crippen molar-refractivity contribution < 1.29 is 13.2 Å². The Morgan fingerprint density at radius 2 is 1.69 bits per heavy atom. The first-order chi connectivity index (χ1) is 17.4. The van der Waals surface area contributed by atoms with Gasteiger partial charge in [-0.15, -0.1) is 10.2 Å². The molecule has 9 nitrogen and oxygen atoms in total. The van der Waals surface area contributed by atoms with Gasteiger partial charge in [-0.3, -0.25) is 9.78 Å². The van der Waals surface area contributed by atoms with Crippen molar-refractivity contribution in [3.8, 4) is 0 Å². The molecule has 3 heterocycles. The fourth-order valence-electron chi connectivity index (χ4n) is 4.45. The SMILES string of the molecule is Cn1cnnc1C1CCN(S(=O)(=O)c2cncc(Nc3cccc(C(=O)c4ccccc4)c3)c2)CC1. The van der Waals surface area contributed by atoms with E-state index in [4.69, 9.17) is 0 Å². The second-order valence-corrected chi connectivity index (χ2v) is 10.7. The van der Waals surface area contributed by atoms with E-state index >= 15 is 0 Å². The topological polar surface area (TPSA) is 110 Å². The van der Waals surface area contributed by atoms with E-state index in [1.165, 1.54) is 10.5 Å². The average Bonchev–Trinajstić information content (AvgIpc) is 3.35. The molecule has 5 rings (SSSR count). The first-order valence-corrected chi connectivity index (χ1v) is 13.1. The van der Waals surface area contributed by atoms with Gasteiger partial charge in [0.15, 0.2) is 5.78 Å². The van der Waals surface area contributed by atoms with E-state index in [2.05, 4.69) is 20.5 Å². The minimum atomic E-state index is -3.70. The molecule has 184 valence electrons. The Morgan fingerprint density at radius 3 is 2.42 bits per heavy atom. The van der Waals surface area contributed by atoms with Crippen molar-refractivity contribution in [1.29, 1.82) is 0 Å². The quantitative estimate of drug-likeness (QED) is 0.383. The van der Waals surface area contributed by atoms with Crippen molar-refractivity contribution in [2.75, 3.05) is 18.4 Å². The summed E-state index contributed by atoms with van der Waals surface area (Å²) in [6, 6.07) is 17.7. The van der Waals surface area contributed by atoms with Crippen LogP contribution in [0.2, 0.25) is 0 Å². The van der Waals surface area contributed by atoms with E-state index in [0.717, 1.165) is 5.82 Å². The number of hydrogen-bond acceptors (Lipinski definition) is 7. The van der Waals surface area contributed by atoms with Crippen LogP contribution in [0.25, 0.3) is 0 Å². The zero-order valence-electron chi connectivity index (χ0n) is 19.8. The number of hydrogen-bond donors (Lipinski definition) is 1. The lowest BCUT2D eigenvalue weighted by Gasteiger charge is -2.30. The first-order valence-electron chi connectivity index (χ1n) is 11.7. The van der Waals surface area contributed by atoms with Crippen molar-refractivity contribution in [2.45, 2.75) is 23.7 Å². The van der Waals surface area contributed by atoms with E-state index in [-0.39, 0.29) is 16.6 Å². The number of anilines is 2. The number of aryl methyl sites for hydroxylation is 1. The summed E-state index contributed by atoms with van der Waals surface area (Å²) >= 11 is 0. The zero-order valence-corrected chi connectivity index (χ0v) is 20.6. The van der Waals surface area contributed by atoms with Crippen LogP contribution in [0, 0.1) is 0 Å². The molecule has 36 heavy (non-hydrogen) atoms. The predicted octanol–water partition coefficient (Wildman–Crippen LogP) is 3.75. The number of sulfonamides is 1. The van der Waals surface area contributed by atoms with Gasteiger partial charge in [0.25, 0.3) is 0 Å². The highest BCUT2D eigenvalue weighted by Gasteiger charge is 2.31. The summed E-state index contributed by atoms with van der Waals surface area (Å²) < 4.78 is 30.1. The Labute approximate surface area is 209 Å². The van der Waals surface area contributed by atoms with Crippen LogP contribution in [0.5, 0.6) is 0 Å². The molecule has 10 heteroatoms.